The number of hydrogen-bond acceptors (Lipinski definition) is 7. The first-order chi connectivity index (χ1) is 13.9. The second-order valence-electron chi connectivity index (χ2n) is 9.19. The first kappa shape index (κ1) is 39.9. The number of nitrogens with two attached hydrogens (primary N) is 2. The zero-order chi connectivity index (χ0) is 23.7. The molecule has 0 atom stereocenters. The third-order valence-corrected chi connectivity index (χ3v) is 6.14. The van der Waals surface area contributed by atoms with Gasteiger partial charge in [-0.15, -0.1) is 0 Å². The van der Waals surface area contributed by atoms with Gasteiger partial charge in [0.2, 0.25) is 0 Å². The largest absolute Gasteiger partial charge is 0.350 e. The van der Waals surface area contributed by atoms with Crippen LogP contribution >= 0.6 is 31.9 Å². The minimum Gasteiger partial charge on any atom is -0.350 e. The number of rotatable bonds is 10. The molecular weight excluding hydrogens is 538 g/mol. The average Bonchev–Trinajstić information content (AvgIpc) is 2.66. The van der Waals surface area contributed by atoms with Gasteiger partial charge in [0.1, 0.15) is 0 Å². The Balaban J connectivity index is -0.000000181. The van der Waals surface area contributed by atoms with E-state index in [1.54, 1.807) is 0 Å². The van der Waals surface area contributed by atoms with E-state index in [4.69, 9.17) is 20.9 Å². The number of ether oxygens (including phenoxy) is 2. The van der Waals surface area contributed by atoms with E-state index in [1.165, 1.54) is 0 Å². The molecule has 1 saturated heterocycles. The highest BCUT2D eigenvalue weighted by Crippen LogP contribution is 2.20. The Bertz CT molecular complexity index is 353. The normalized spacial score (nSPS) is 15.7. The fourth-order valence-electron chi connectivity index (χ4n) is 2.77. The molecule has 200 valence electrons. The summed E-state index contributed by atoms with van der Waals surface area (Å²) < 4.78 is 11.1. The Hall–Kier alpha value is 0.680. The number of alkyl halides is 2. The number of hydrogen-bond donors (Lipinski definition) is 2. The van der Waals surface area contributed by atoms with Crippen LogP contribution in [0.4, 0.5) is 0 Å². The lowest BCUT2D eigenvalue weighted by Crippen LogP contribution is -2.42. The van der Waals surface area contributed by atoms with Gasteiger partial charge < -0.3 is 35.6 Å². The predicted molar refractivity (Wildman–Crippen MR) is 151 cm³/mol. The van der Waals surface area contributed by atoms with Crippen LogP contribution in [-0.4, -0.2) is 119 Å². The lowest BCUT2D eigenvalue weighted by molar-refractivity contribution is -0.262. The van der Waals surface area contributed by atoms with Crippen molar-refractivity contribution in [2.24, 2.45) is 29.2 Å². The van der Waals surface area contributed by atoms with E-state index in [2.05, 4.69) is 74.8 Å². The highest BCUT2D eigenvalue weighted by atomic mass is 79.9. The third kappa shape index (κ3) is 25.3. The van der Waals surface area contributed by atoms with Crippen LogP contribution in [0, 0.1) is 17.8 Å². The maximum atomic E-state index is 5.53. The predicted octanol–water partition coefficient (Wildman–Crippen LogP) is 3.25. The molecule has 9 heteroatoms. The van der Waals surface area contributed by atoms with Gasteiger partial charge in [0.25, 0.3) is 0 Å². The first-order valence-electron chi connectivity index (χ1n) is 10.6. The SMILES string of the molecule is C.C.CN(C)CC(CBr)CBr.CN(C)CC(CN)CN.CN(C)CC1COC(C)(C)OC1. The molecule has 1 heterocycles. The van der Waals surface area contributed by atoms with Gasteiger partial charge in [0.15, 0.2) is 5.79 Å². The van der Waals surface area contributed by atoms with Crippen LogP contribution in [0.25, 0.3) is 0 Å². The summed E-state index contributed by atoms with van der Waals surface area (Å²) >= 11 is 6.90. The molecule has 0 saturated carbocycles. The van der Waals surface area contributed by atoms with Crippen LogP contribution in [0.1, 0.15) is 28.7 Å². The second kappa shape index (κ2) is 23.4. The Morgan fingerprint density at radius 1 is 0.781 bits per heavy atom. The van der Waals surface area contributed by atoms with Crippen molar-refractivity contribution in [2.45, 2.75) is 34.5 Å². The van der Waals surface area contributed by atoms with Crippen molar-refractivity contribution in [3.05, 3.63) is 0 Å². The number of halogens is 2. The van der Waals surface area contributed by atoms with Crippen LogP contribution < -0.4 is 11.5 Å². The van der Waals surface area contributed by atoms with Crippen LogP contribution in [-0.2, 0) is 9.47 Å². The molecule has 0 bridgehead atoms. The Morgan fingerprint density at radius 3 is 1.38 bits per heavy atom. The van der Waals surface area contributed by atoms with E-state index in [0.717, 1.165) is 49.4 Å². The van der Waals surface area contributed by atoms with E-state index in [1.807, 2.05) is 27.9 Å². The van der Waals surface area contributed by atoms with E-state index >= 15 is 0 Å². The van der Waals surface area contributed by atoms with Gasteiger partial charge in [0.05, 0.1) is 13.2 Å². The van der Waals surface area contributed by atoms with Gasteiger partial charge in [-0.1, -0.05) is 46.7 Å². The van der Waals surface area contributed by atoms with Crippen molar-refractivity contribution in [2.75, 3.05) is 98.9 Å². The Kier molecular flexibility index (Phi) is 29.2. The summed E-state index contributed by atoms with van der Waals surface area (Å²) in [6.07, 6.45) is 0. The van der Waals surface area contributed by atoms with Crippen LogP contribution in [0.5, 0.6) is 0 Å². The summed E-state index contributed by atoms with van der Waals surface area (Å²) in [6.45, 7) is 10.1. The van der Waals surface area contributed by atoms with Crippen LogP contribution in [0.2, 0.25) is 0 Å². The van der Waals surface area contributed by atoms with Crippen LogP contribution in [0.3, 0.4) is 0 Å². The summed E-state index contributed by atoms with van der Waals surface area (Å²) in [7, 11) is 12.4. The van der Waals surface area contributed by atoms with Gasteiger partial charge in [-0.3, -0.25) is 0 Å². The first-order valence-corrected chi connectivity index (χ1v) is 12.9. The van der Waals surface area contributed by atoms with Gasteiger partial charge >= 0.3 is 0 Å². The smallest absolute Gasteiger partial charge is 0.162 e. The standard InChI is InChI=1S/C9H19NO2.C6H13Br2N.C6H17N3.2CH4/c1-9(2)11-6-8(7-12-9)5-10(3)4;2*1-9(2)5-6(3-7)4-8;;/h8H,5-7H2,1-4H3;6H,3-5H2,1-2H3;6H,3-5,7-8H2,1-2H3;2*1H4. The summed E-state index contributed by atoms with van der Waals surface area (Å²) in [5.41, 5.74) is 10.8. The average molecular weight is 596 g/mol. The molecule has 4 N–H and O–H groups in total. The lowest BCUT2D eigenvalue weighted by Gasteiger charge is -2.35. The molecule has 7 nitrogen and oxygen atoms in total. The van der Waals surface area contributed by atoms with Gasteiger partial charge in [-0.05, 0) is 81.1 Å². The number of nitrogens with zero attached hydrogens (tertiary/aromatic N) is 3. The van der Waals surface area contributed by atoms with Crippen molar-refractivity contribution in [3.8, 4) is 0 Å². The summed E-state index contributed by atoms with van der Waals surface area (Å²) in [5, 5.41) is 2.16. The van der Waals surface area contributed by atoms with E-state index < -0.39 is 0 Å². The van der Waals surface area contributed by atoms with Crippen molar-refractivity contribution in [1.29, 1.82) is 0 Å². The molecule has 0 aliphatic carbocycles. The fraction of sp³-hybridized carbons (Fsp3) is 1.00. The maximum absolute atomic E-state index is 5.53. The van der Waals surface area contributed by atoms with Gasteiger partial charge in [-0.2, -0.15) is 0 Å². The molecular formula is C23H57Br2N5O2. The zero-order valence-corrected chi connectivity index (χ0v) is 23.8. The second-order valence-corrected chi connectivity index (χ2v) is 10.5. The highest BCUT2D eigenvalue weighted by molar-refractivity contribution is 9.09. The fourth-order valence-corrected chi connectivity index (χ4v) is 4.25. The molecule has 32 heavy (non-hydrogen) atoms. The van der Waals surface area contributed by atoms with Crippen LogP contribution in [0.15, 0.2) is 0 Å². The minimum absolute atomic E-state index is 0. The Morgan fingerprint density at radius 2 is 1.16 bits per heavy atom. The quantitative estimate of drug-likeness (QED) is 0.376. The van der Waals surface area contributed by atoms with E-state index in [9.17, 15) is 0 Å². The van der Waals surface area contributed by atoms with E-state index in [0.29, 0.717) is 24.9 Å². The molecule has 1 rings (SSSR count). The third-order valence-electron chi connectivity index (χ3n) is 4.31. The minimum atomic E-state index is -0.372. The molecule has 1 aliphatic heterocycles. The summed E-state index contributed by atoms with van der Waals surface area (Å²) in [5.74, 6) is 1.34. The lowest BCUT2D eigenvalue weighted by atomic mass is 10.1. The van der Waals surface area contributed by atoms with Gasteiger partial charge in [-0.25, -0.2) is 0 Å². The molecule has 0 spiro atoms. The molecule has 1 fully saturated rings. The highest BCUT2D eigenvalue weighted by Gasteiger charge is 2.28. The van der Waals surface area contributed by atoms with Crippen molar-refractivity contribution in [1.82, 2.24) is 14.7 Å². The monoisotopic (exact) mass is 593 g/mol. The van der Waals surface area contributed by atoms with Gasteiger partial charge in [0, 0.05) is 36.2 Å². The molecule has 0 aromatic heterocycles. The summed E-state index contributed by atoms with van der Waals surface area (Å²) in [4.78, 5) is 6.47. The topological polar surface area (TPSA) is 80.2 Å². The zero-order valence-electron chi connectivity index (χ0n) is 20.7. The maximum Gasteiger partial charge on any atom is 0.162 e. The van der Waals surface area contributed by atoms with E-state index in [-0.39, 0.29) is 20.6 Å². The summed E-state index contributed by atoms with van der Waals surface area (Å²) in [6, 6.07) is 0. The van der Waals surface area contributed by atoms with Crippen molar-refractivity contribution >= 4 is 31.9 Å². The molecule has 0 radical (unpaired) electrons. The van der Waals surface area contributed by atoms with Crippen molar-refractivity contribution in [3.63, 3.8) is 0 Å². The molecule has 0 aromatic carbocycles. The molecule has 1 aliphatic rings. The Labute approximate surface area is 218 Å². The molecule has 0 unspecified atom stereocenters. The molecule has 0 aromatic rings. The molecule has 0 amide bonds. The van der Waals surface area contributed by atoms with Crippen molar-refractivity contribution < 1.29 is 9.47 Å².